The summed E-state index contributed by atoms with van der Waals surface area (Å²) in [6, 6.07) is 13.0. The minimum atomic E-state index is -0.101. The predicted molar refractivity (Wildman–Crippen MR) is 118 cm³/mol. The number of nitrogens with zero attached hydrogens (tertiary/aromatic N) is 4. The highest BCUT2D eigenvalue weighted by atomic mass is 35.5. The van der Waals surface area contributed by atoms with Gasteiger partial charge in [0.25, 0.3) is 0 Å². The Morgan fingerprint density at radius 2 is 2.00 bits per heavy atom. The second-order valence-corrected chi connectivity index (χ2v) is 7.72. The number of aromatic nitrogens is 3. The zero-order valence-electron chi connectivity index (χ0n) is 16.5. The Labute approximate surface area is 180 Å². The first-order valence-corrected chi connectivity index (χ1v) is 10.3. The third-order valence-corrected chi connectivity index (χ3v) is 5.45. The van der Waals surface area contributed by atoms with Crippen molar-refractivity contribution < 1.29 is 4.79 Å². The van der Waals surface area contributed by atoms with Gasteiger partial charge in [-0.2, -0.15) is 0 Å². The molecule has 3 N–H and O–H groups in total. The maximum absolute atomic E-state index is 12.7. The van der Waals surface area contributed by atoms with Gasteiger partial charge in [-0.1, -0.05) is 36.2 Å². The van der Waals surface area contributed by atoms with E-state index in [0.29, 0.717) is 10.8 Å². The fourth-order valence-electron chi connectivity index (χ4n) is 3.81. The van der Waals surface area contributed by atoms with Gasteiger partial charge < -0.3 is 11.1 Å². The number of hydrogen-bond acceptors (Lipinski definition) is 6. The monoisotopic (exact) mass is 422 g/mol. The number of amides is 1. The molecule has 1 aromatic carbocycles. The van der Waals surface area contributed by atoms with Gasteiger partial charge in [-0.05, 0) is 49.2 Å². The number of nitrogens with one attached hydrogen (secondary N) is 1. The number of rotatable bonds is 5. The first kappa shape index (κ1) is 20.3. The molecule has 1 fully saturated rings. The van der Waals surface area contributed by atoms with Crippen LogP contribution in [0.1, 0.15) is 31.0 Å². The Bertz CT molecular complexity index is 1010. The van der Waals surface area contributed by atoms with Crippen LogP contribution in [0, 0.1) is 0 Å². The lowest BCUT2D eigenvalue weighted by Gasteiger charge is -2.35. The fraction of sp³-hybridized carbons (Fsp3) is 0.273. The van der Waals surface area contributed by atoms with E-state index in [0.717, 1.165) is 42.6 Å². The Balaban J connectivity index is 1.60. The predicted octanol–water partition coefficient (Wildman–Crippen LogP) is 3.94. The van der Waals surface area contributed by atoms with Crippen molar-refractivity contribution in [2.24, 2.45) is 0 Å². The van der Waals surface area contributed by atoms with Crippen molar-refractivity contribution >= 4 is 29.3 Å². The van der Waals surface area contributed by atoms with Crippen molar-refractivity contribution in [2.45, 2.75) is 25.3 Å². The van der Waals surface area contributed by atoms with Gasteiger partial charge in [0.1, 0.15) is 5.82 Å². The van der Waals surface area contributed by atoms with Crippen LogP contribution in [0.5, 0.6) is 0 Å². The summed E-state index contributed by atoms with van der Waals surface area (Å²) in [6.45, 7) is 1.06. The molecule has 2 aromatic heterocycles. The molecule has 154 valence electrons. The number of nitrogens with two attached hydrogens (primary N) is 1. The van der Waals surface area contributed by atoms with E-state index in [-0.39, 0.29) is 24.4 Å². The lowest BCUT2D eigenvalue weighted by Crippen LogP contribution is -2.40. The first-order valence-electron chi connectivity index (χ1n) is 9.93. The van der Waals surface area contributed by atoms with E-state index in [9.17, 15) is 4.79 Å². The number of carbonyl (C=O) groups excluding carboxylic acids is 1. The second-order valence-electron chi connectivity index (χ2n) is 7.28. The largest absolute Gasteiger partial charge is 0.368 e. The Hall–Kier alpha value is -3.03. The van der Waals surface area contributed by atoms with Crippen LogP contribution in [0.3, 0.4) is 0 Å². The van der Waals surface area contributed by atoms with Gasteiger partial charge in [-0.25, -0.2) is 15.0 Å². The third kappa shape index (κ3) is 4.75. The van der Waals surface area contributed by atoms with Crippen LogP contribution in [-0.4, -0.2) is 38.8 Å². The normalized spacial score (nSPS) is 16.9. The van der Waals surface area contributed by atoms with Gasteiger partial charge in [-0.3, -0.25) is 9.69 Å². The van der Waals surface area contributed by atoms with E-state index < -0.39 is 0 Å². The van der Waals surface area contributed by atoms with Crippen LogP contribution in [0.25, 0.3) is 11.1 Å². The molecule has 1 atom stereocenters. The molecule has 0 unspecified atom stereocenters. The number of pyridine rings is 1. The minimum absolute atomic E-state index is 0.0239. The van der Waals surface area contributed by atoms with Crippen LogP contribution in [0.4, 0.5) is 11.8 Å². The van der Waals surface area contributed by atoms with Crippen molar-refractivity contribution in [3.8, 4) is 11.1 Å². The molecule has 8 heteroatoms. The highest BCUT2D eigenvalue weighted by molar-refractivity contribution is 6.30. The molecule has 1 aliphatic heterocycles. The van der Waals surface area contributed by atoms with E-state index in [2.05, 4.69) is 25.2 Å². The fourth-order valence-corrected chi connectivity index (χ4v) is 3.93. The lowest BCUT2D eigenvalue weighted by molar-refractivity contribution is -0.118. The topological polar surface area (TPSA) is 97.0 Å². The van der Waals surface area contributed by atoms with Crippen molar-refractivity contribution in [1.29, 1.82) is 0 Å². The summed E-state index contributed by atoms with van der Waals surface area (Å²) in [6.07, 6.45) is 6.40. The summed E-state index contributed by atoms with van der Waals surface area (Å²) in [4.78, 5) is 27.8. The number of benzene rings is 1. The minimum Gasteiger partial charge on any atom is -0.368 e. The summed E-state index contributed by atoms with van der Waals surface area (Å²) in [5.41, 5.74) is 8.65. The smallest absolute Gasteiger partial charge is 0.239 e. The number of nitrogen functional groups attached to an aromatic ring is 1. The molecular weight excluding hydrogens is 400 g/mol. The van der Waals surface area contributed by atoms with Crippen molar-refractivity contribution in [1.82, 2.24) is 19.9 Å². The van der Waals surface area contributed by atoms with Crippen molar-refractivity contribution in [2.75, 3.05) is 24.1 Å². The number of piperidine rings is 1. The molecule has 7 nitrogen and oxygen atoms in total. The molecule has 0 spiro atoms. The quantitative estimate of drug-likeness (QED) is 0.646. The number of hydrogen-bond donors (Lipinski definition) is 2. The molecule has 0 bridgehead atoms. The lowest BCUT2D eigenvalue weighted by atomic mass is 9.94. The van der Waals surface area contributed by atoms with E-state index >= 15 is 0 Å². The summed E-state index contributed by atoms with van der Waals surface area (Å²) < 4.78 is 0. The van der Waals surface area contributed by atoms with E-state index in [4.69, 9.17) is 17.3 Å². The molecular formula is C22H23ClN6O. The molecule has 3 aromatic rings. The maximum atomic E-state index is 12.7. The average Bonchev–Trinajstić information content (AvgIpc) is 2.75. The SMILES string of the molecule is Nc1ncc(-c2ccc(Cl)cc2)c([C@H]2CCCCN2CC(=O)Nc2ccccn2)n1. The first-order chi connectivity index (χ1) is 14.6. The summed E-state index contributed by atoms with van der Waals surface area (Å²) >= 11 is 6.05. The van der Waals surface area contributed by atoms with Gasteiger partial charge >= 0.3 is 0 Å². The maximum Gasteiger partial charge on any atom is 0.239 e. The van der Waals surface area contributed by atoms with E-state index in [1.54, 1.807) is 18.5 Å². The molecule has 3 heterocycles. The van der Waals surface area contributed by atoms with Crippen LogP contribution < -0.4 is 11.1 Å². The van der Waals surface area contributed by atoms with Crippen molar-refractivity contribution in [3.05, 3.63) is 65.6 Å². The number of anilines is 2. The average molecular weight is 423 g/mol. The summed E-state index contributed by atoms with van der Waals surface area (Å²) in [7, 11) is 0. The Morgan fingerprint density at radius 3 is 2.77 bits per heavy atom. The molecule has 1 aliphatic rings. The number of carbonyl (C=O) groups is 1. The van der Waals surface area contributed by atoms with Gasteiger partial charge in [0.15, 0.2) is 0 Å². The van der Waals surface area contributed by atoms with Gasteiger partial charge in [0.05, 0.1) is 18.3 Å². The number of halogens is 1. The van der Waals surface area contributed by atoms with E-state index in [1.165, 1.54) is 0 Å². The second kappa shape index (κ2) is 9.19. The van der Waals surface area contributed by atoms with Gasteiger partial charge in [0, 0.05) is 23.0 Å². The van der Waals surface area contributed by atoms with Gasteiger partial charge in [0.2, 0.25) is 11.9 Å². The highest BCUT2D eigenvalue weighted by Gasteiger charge is 2.29. The molecule has 1 saturated heterocycles. The van der Waals surface area contributed by atoms with Crippen LogP contribution in [-0.2, 0) is 4.79 Å². The summed E-state index contributed by atoms with van der Waals surface area (Å²) in [5, 5.41) is 3.53. The molecule has 4 rings (SSSR count). The summed E-state index contributed by atoms with van der Waals surface area (Å²) in [5.74, 6) is 0.672. The molecule has 0 aliphatic carbocycles. The highest BCUT2D eigenvalue weighted by Crippen LogP contribution is 2.36. The number of likely N-dealkylation sites (tertiary alicyclic amines) is 1. The van der Waals surface area contributed by atoms with Crippen molar-refractivity contribution in [3.63, 3.8) is 0 Å². The Kier molecular flexibility index (Phi) is 6.21. The van der Waals surface area contributed by atoms with Gasteiger partial charge in [-0.15, -0.1) is 0 Å². The molecule has 1 amide bonds. The van der Waals surface area contributed by atoms with Crippen LogP contribution in [0.15, 0.2) is 54.9 Å². The standard InChI is InChI=1S/C22H23ClN6O/c23-16-9-7-15(8-10-16)17-13-26-22(24)28-21(17)18-5-2-4-12-29(18)14-20(30)27-19-6-1-3-11-25-19/h1,3,6-11,13,18H,2,4-5,12,14H2,(H2,24,26,28)(H,25,27,30)/t18-/m1/s1. The molecule has 0 radical (unpaired) electrons. The van der Waals surface area contributed by atoms with Crippen LogP contribution >= 0.6 is 11.6 Å². The van der Waals surface area contributed by atoms with E-state index in [1.807, 2.05) is 36.4 Å². The molecule has 0 saturated carbocycles. The zero-order valence-corrected chi connectivity index (χ0v) is 17.2. The zero-order chi connectivity index (χ0) is 20.9. The molecule has 30 heavy (non-hydrogen) atoms. The third-order valence-electron chi connectivity index (χ3n) is 5.20. The Morgan fingerprint density at radius 1 is 1.17 bits per heavy atom. The van der Waals surface area contributed by atoms with Crippen LogP contribution in [0.2, 0.25) is 5.02 Å².